The average Bonchev–Trinajstić information content (AvgIpc) is 2.22. The molecular formula is C12H17ClN2O2. The predicted octanol–water partition coefficient (Wildman–Crippen LogP) is 1.48. The van der Waals surface area contributed by atoms with Crippen molar-refractivity contribution in [1.82, 2.24) is 0 Å². The quantitative estimate of drug-likeness (QED) is 0.838. The van der Waals surface area contributed by atoms with Crippen molar-refractivity contribution < 1.29 is 9.53 Å². The highest BCUT2D eigenvalue weighted by Crippen LogP contribution is 2.28. The fourth-order valence-corrected chi connectivity index (χ4v) is 1.66. The summed E-state index contributed by atoms with van der Waals surface area (Å²) in [7, 11) is 0. The molecular weight excluding hydrogens is 240 g/mol. The summed E-state index contributed by atoms with van der Waals surface area (Å²) in [5.74, 6) is 0.0397. The molecule has 0 fully saturated rings. The molecule has 0 aromatic heterocycles. The molecule has 0 aliphatic rings. The van der Waals surface area contributed by atoms with Gasteiger partial charge in [-0.15, -0.1) is 0 Å². The Hall–Kier alpha value is -1.26. The lowest BCUT2D eigenvalue weighted by molar-refractivity contribution is -0.124. The van der Waals surface area contributed by atoms with Gasteiger partial charge in [-0.25, -0.2) is 0 Å². The number of benzene rings is 1. The van der Waals surface area contributed by atoms with Crippen molar-refractivity contribution in [2.45, 2.75) is 32.4 Å². The zero-order valence-electron chi connectivity index (χ0n) is 9.94. The topological polar surface area (TPSA) is 78.3 Å². The highest BCUT2D eigenvalue weighted by molar-refractivity contribution is 6.31. The lowest BCUT2D eigenvalue weighted by Gasteiger charge is -2.17. The lowest BCUT2D eigenvalue weighted by atomic mass is 10.1. The van der Waals surface area contributed by atoms with E-state index in [4.69, 9.17) is 27.8 Å². The Kier molecular flexibility index (Phi) is 4.78. The summed E-state index contributed by atoms with van der Waals surface area (Å²) in [5, 5.41) is 0.580. The van der Waals surface area contributed by atoms with E-state index in [9.17, 15) is 4.79 Å². The first-order chi connectivity index (χ1) is 7.91. The molecule has 17 heavy (non-hydrogen) atoms. The molecule has 0 aliphatic heterocycles. The van der Waals surface area contributed by atoms with Gasteiger partial charge in [0, 0.05) is 16.6 Å². The molecule has 0 aliphatic carbocycles. The first-order valence-corrected chi connectivity index (χ1v) is 5.78. The highest BCUT2D eigenvalue weighted by Gasteiger charge is 2.15. The molecule has 0 spiro atoms. The van der Waals surface area contributed by atoms with Crippen LogP contribution in [-0.2, 0) is 11.2 Å². The summed E-state index contributed by atoms with van der Waals surface area (Å²) in [5.41, 5.74) is 11.7. The minimum atomic E-state index is -0.694. The van der Waals surface area contributed by atoms with Gasteiger partial charge in [0.25, 0.3) is 5.91 Å². The number of hydrogen-bond donors (Lipinski definition) is 2. The summed E-state index contributed by atoms with van der Waals surface area (Å²) in [6.07, 6.45) is -0.110. The van der Waals surface area contributed by atoms with Crippen LogP contribution in [0, 0.1) is 0 Å². The highest BCUT2D eigenvalue weighted by atomic mass is 35.5. The van der Waals surface area contributed by atoms with E-state index in [2.05, 4.69) is 0 Å². The second-order valence-corrected chi connectivity index (χ2v) is 4.47. The van der Waals surface area contributed by atoms with E-state index in [1.807, 2.05) is 6.92 Å². The molecule has 94 valence electrons. The van der Waals surface area contributed by atoms with E-state index in [1.165, 1.54) is 0 Å². The molecule has 1 amide bonds. The van der Waals surface area contributed by atoms with Gasteiger partial charge >= 0.3 is 0 Å². The van der Waals surface area contributed by atoms with Crippen LogP contribution >= 0.6 is 11.6 Å². The van der Waals surface area contributed by atoms with Crippen molar-refractivity contribution in [3.8, 4) is 5.75 Å². The number of hydrogen-bond acceptors (Lipinski definition) is 3. The van der Waals surface area contributed by atoms with Crippen LogP contribution in [0.3, 0.4) is 0 Å². The van der Waals surface area contributed by atoms with Gasteiger partial charge in [0.1, 0.15) is 5.75 Å². The van der Waals surface area contributed by atoms with E-state index < -0.39 is 12.0 Å². The molecule has 1 rings (SSSR count). The van der Waals surface area contributed by atoms with Crippen LogP contribution in [0.5, 0.6) is 5.75 Å². The van der Waals surface area contributed by atoms with Crippen molar-refractivity contribution in [3.63, 3.8) is 0 Å². The molecule has 2 unspecified atom stereocenters. The van der Waals surface area contributed by atoms with Crippen LogP contribution in [0.25, 0.3) is 0 Å². The molecule has 0 bridgehead atoms. The number of halogens is 1. The normalized spacial score (nSPS) is 14.1. The third kappa shape index (κ3) is 3.91. The molecule has 0 radical (unpaired) electrons. The van der Waals surface area contributed by atoms with Crippen molar-refractivity contribution in [2.75, 3.05) is 0 Å². The van der Waals surface area contributed by atoms with Crippen LogP contribution in [-0.4, -0.2) is 18.1 Å². The molecule has 2 atom stereocenters. The van der Waals surface area contributed by atoms with Crippen molar-refractivity contribution in [2.24, 2.45) is 11.5 Å². The Balaban J connectivity index is 2.98. The first kappa shape index (κ1) is 13.8. The number of ether oxygens (including phenoxy) is 1. The monoisotopic (exact) mass is 256 g/mol. The van der Waals surface area contributed by atoms with E-state index in [0.29, 0.717) is 17.2 Å². The Labute approximate surface area is 106 Å². The first-order valence-electron chi connectivity index (χ1n) is 5.40. The summed E-state index contributed by atoms with van der Waals surface area (Å²) < 4.78 is 5.47. The number of carbonyl (C=O) groups is 1. The summed E-state index contributed by atoms with van der Waals surface area (Å²) in [6, 6.07) is 5.24. The lowest BCUT2D eigenvalue weighted by Crippen LogP contribution is -2.31. The summed E-state index contributed by atoms with van der Waals surface area (Å²) >= 11 is 6.08. The van der Waals surface area contributed by atoms with Crippen molar-refractivity contribution >= 4 is 17.5 Å². The molecule has 4 N–H and O–H groups in total. The third-order valence-electron chi connectivity index (χ3n) is 2.31. The molecule has 4 nitrogen and oxygen atoms in total. The number of primary amides is 1. The van der Waals surface area contributed by atoms with E-state index in [-0.39, 0.29) is 6.04 Å². The van der Waals surface area contributed by atoms with Gasteiger partial charge in [0.2, 0.25) is 0 Å². The van der Waals surface area contributed by atoms with Gasteiger partial charge in [-0.05, 0) is 32.4 Å². The maximum absolute atomic E-state index is 11.0. The second-order valence-electron chi connectivity index (χ2n) is 4.06. The Morgan fingerprint density at radius 2 is 2.12 bits per heavy atom. The van der Waals surface area contributed by atoms with E-state index in [0.717, 1.165) is 5.56 Å². The van der Waals surface area contributed by atoms with E-state index in [1.54, 1.807) is 25.1 Å². The number of nitrogens with two attached hydrogens (primary N) is 2. The van der Waals surface area contributed by atoms with Gasteiger partial charge < -0.3 is 16.2 Å². The minimum Gasteiger partial charge on any atom is -0.481 e. The minimum absolute atomic E-state index is 0.0406. The molecule has 5 heteroatoms. The van der Waals surface area contributed by atoms with Gasteiger partial charge in [-0.1, -0.05) is 17.7 Å². The van der Waals surface area contributed by atoms with Crippen molar-refractivity contribution in [3.05, 3.63) is 28.8 Å². The zero-order chi connectivity index (χ0) is 13.0. The van der Waals surface area contributed by atoms with Gasteiger partial charge in [0.05, 0.1) is 0 Å². The van der Waals surface area contributed by atoms with Crippen LogP contribution < -0.4 is 16.2 Å². The average molecular weight is 257 g/mol. The van der Waals surface area contributed by atoms with Gasteiger partial charge in [0.15, 0.2) is 6.10 Å². The molecule has 0 saturated heterocycles. The smallest absolute Gasteiger partial charge is 0.258 e. The fraction of sp³-hybridized carbons (Fsp3) is 0.417. The maximum Gasteiger partial charge on any atom is 0.258 e. The molecule has 1 aromatic carbocycles. The van der Waals surface area contributed by atoms with Crippen LogP contribution in [0.2, 0.25) is 5.02 Å². The largest absolute Gasteiger partial charge is 0.481 e. The predicted molar refractivity (Wildman–Crippen MR) is 68.1 cm³/mol. The number of carbonyl (C=O) groups excluding carboxylic acids is 1. The van der Waals surface area contributed by atoms with Crippen LogP contribution in [0.15, 0.2) is 18.2 Å². The summed E-state index contributed by atoms with van der Waals surface area (Å²) in [6.45, 7) is 3.48. The van der Waals surface area contributed by atoms with E-state index >= 15 is 0 Å². The third-order valence-corrected chi connectivity index (χ3v) is 2.66. The Morgan fingerprint density at radius 3 is 2.65 bits per heavy atom. The Morgan fingerprint density at radius 1 is 1.47 bits per heavy atom. The van der Waals surface area contributed by atoms with Gasteiger partial charge in [-0.2, -0.15) is 0 Å². The van der Waals surface area contributed by atoms with Crippen LogP contribution in [0.4, 0.5) is 0 Å². The SMILES string of the molecule is CC(N)Cc1c(Cl)cccc1OC(C)C(N)=O. The number of rotatable bonds is 5. The fourth-order valence-electron chi connectivity index (χ4n) is 1.42. The second kappa shape index (κ2) is 5.89. The molecule has 1 aromatic rings. The Bertz CT molecular complexity index is 407. The maximum atomic E-state index is 11.0. The summed E-state index contributed by atoms with van der Waals surface area (Å²) in [4.78, 5) is 11.0. The zero-order valence-corrected chi connectivity index (χ0v) is 10.7. The van der Waals surface area contributed by atoms with Crippen LogP contribution in [0.1, 0.15) is 19.4 Å². The van der Waals surface area contributed by atoms with Gasteiger partial charge in [-0.3, -0.25) is 4.79 Å². The molecule has 0 saturated carbocycles. The standard InChI is InChI=1S/C12H17ClN2O2/c1-7(14)6-9-10(13)4-3-5-11(9)17-8(2)12(15)16/h3-5,7-8H,6,14H2,1-2H3,(H2,15,16). The number of amides is 1. The van der Waals surface area contributed by atoms with Crippen molar-refractivity contribution in [1.29, 1.82) is 0 Å². The molecule has 0 heterocycles.